The third-order valence-corrected chi connectivity index (χ3v) is 4.64. The van der Waals surface area contributed by atoms with Crippen molar-refractivity contribution in [3.05, 3.63) is 34.3 Å². The van der Waals surface area contributed by atoms with E-state index in [1.54, 1.807) is 0 Å². The van der Waals surface area contributed by atoms with E-state index < -0.39 is 5.60 Å². The largest absolute Gasteiger partial charge is 0.444 e. The normalized spacial score (nSPS) is 18.5. The van der Waals surface area contributed by atoms with Crippen LogP contribution in [0.2, 0.25) is 0 Å². The highest BCUT2D eigenvalue weighted by Gasteiger charge is 2.27. The number of hydrogen-bond acceptors (Lipinski definition) is 3. The van der Waals surface area contributed by atoms with Crippen molar-refractivity contribution in [1.29, 1.82) is 0 Å². The van der Waals surface area contributed by atoms with Crippen LogP contribution in [0.3, 0.4) is 0 Å². The minimum Gasteiger partial charge on any atom is -0.444 e. The molecule has 1 heterocycles. The van der Waals surface area contributed by atoms with Gasteiger partial charge >= 0.3 is 6.09 Å². The SMILES string of the molecule is CC(C)(C)OC(=O)N1CCCC(CNCCc2ccc(Br)cc2)C1. The second-order valence-corrected chi connectivity index (χ2v) is 8.43. The Balaban J connectivity index is 1.69. The van der Waals surface area contributed by atoms with Crippen LogP contribution in [0.15, 0.2) is 28.7 Å². The van der Waals surface area contributed by atoms with E-state index in [0.717, 1.165) is 43.5 Å². The number of nitrogens with one attached hydrogen (secondary N) is 1. The Morgan fingerprint density at radius 2 is 2.04 bits per heavy atom. The summed E-state index contributed by atoms with van der Waals surface area (Å²) in [4.78, 5) is 14.0. The minimum atomic E-state index is -0.424. The van der Waals surface area contributed by atoms with Gasteiger partial charge in [-0.1, -0.05) is 28.1 Å². The first-order valence-corrected chi connectivity index (χ1v) is 9.56. The minimum absolute atomic E-state index is 0.179. The van der Waals surface area contributed by atoms with Gasteiger partial charge in [-0.05, 0) is 76.7 Å². The van der Waals surface area contributed by atoms with Crippen LogP contribution in [0.1, 0.15) is 39.2 Å². The maximum Gasteiger partial charge on any atom is 0.410 e. The lowest BCUT2D eigenvalue weighted by molar-refractivity contribution is 0.0166. The summed E-state index contributed by atoms with van der Waals surface area (Å²) < 4.78 is 6.60. The molecule has 1 saturated heterocycles. The average Bonchev–Trinajstić information content (AvgIpc) is 2.52. The first kappa shape index (κ1) is 19.3. The number of piperidine rings is 1. The van der Waals surface area contributed by atoms with Gasteiger partial charge in [0.15, 0.2) is 0 Å². The number of carbonyl (C=O) groups is 1. The van der Waals surface area contributed by atoms with Crippen LogP contribution in [-0.4, -0.2) is 42.8 Å². The number of likely N-dealkylation sites (tertiary alicyclic amines) is 1. The standard InChI is InChI=1S/C19H29BrN2O2/c1-19(2,3)24-18(23)22-12-4-5-16(14-22)13-21-11-10-15-6-8-17(20)9-7-15/h6-9,16,21H,4-5,10-14H2,1-3H3. The summed E-state index contributed by atoms with van der Waals surface area (Å²) in [6, 6.07) is 8.46. The van der Waals surface area contributed by atoms with E-state index in [4.69, 9.17) is 4.74 Å². The summed E-state index contributed by atoms with van der Waals surface area (Å²) in [7, 11) is 0. The Morgan fingerprint density at radius 3 is 2.71 bits per heavy atom. The van der Waals surface area contributed by atoms with Gasteiger partial charge in [0.25, 0.3) is 0 Å². The zero-order chi connectivity index (χ0) is 17.6. The van der Waals surface area contributed by atoms with Crippen molar-refractivity contribution >= 4 is 22.0 Å². The monoisotopic (exact) mass is 396 g/mol. The molecule has 0 saturated carbocycles. The molecule has 0 bridgehead atoms. The second kappa shape index (κ2) is 8.86. The predicted octanol–water partition coefficient (Wildman–Crippen LogP) is 4.23. The molecule has 0 aliphatic carbocycles. The number of carbonyl (C=O) groups excluding carboxylic acids is 1. The highest BCUT2D eigenvalue weighted by molar-refractivity contribution is 9.10. The number of hydrogen-bond donors (Lipinski definition) is 1. The Morgan fingerprint density at radius 1 is 1.33 bits per heavy atom. The van der Waals surface area contributed by atoms with Crippen molar-refractivity contribution in [2.24, 2.45) is 5.92 Å². The van der Waals surface area contributed by atoms with Gasteiger partial charge in [-0.2, -0.15) is 0 Å². The molecule has 2 rings (SSSR count). The van der Waals surface area contributed by atoms with Crippen LogP contribution >= 0.6 is 15.9 Å². The smallest absolute Gasteiger partial charge is 0.410 e. The molecule has 1 aliphatic heterocycles. The maximum atomic E-state index is 12.2. The predicted molar refractivity (Wildman–Crippen MR) is 101 cm³/mol. The summed E-state index contributed by atoms with van der Waals surface area (Å²) in [5, 5.41) is 3.54. The highest BCUT2D eigenvalue weighted by atomic mass is 79.9. The van der Waals surface area contributed by atoms with E-state index in [2.05, 4.69) is 45.5 Å². The van der Waals surface area contributed by atoms with Crippen molar-refractivity contribution in [1.82, 2.24) is 10.2 Å². The fourth-order valence-corrected chi connectivity index (χ4v) is 3.18. The van der Waals surface area contributed by atoms with Gasteiger partial charge in [0.05, 0.1) is 0 Å². The van der Waals surface area contributed by atoms with E-state index in [9.17, 15) is 4.79 Å². The van der Waals surface area contributed by atoms with E-state index in [0.29, 0.717) is 5.92 Å². The number of nitrogens with zero attached hydrogens (tertiary/aromatic N) is 1. The molecule has 1 aliphatic rings. The molecule has 1 aromatic rings. The Labute approximate surface area is 154 Å². The van der Waals surface area contributed by atoms with Crippen molar-refractivity contribution in [2.75, 3.05) is 26.2 Å². The van der Waals surface area contributed by atoms with Crippen LogP contribution < -0.4 is 5.32 Å². The molecule has 1 N–H and O–H groups in total. The van der Waals surface area contributed by atoms with Gasteiger partial charge in [0.2, 0.25) is 0 Å². The first-order valence-electron chi connectivity index (χ1n) is 8.76. The van der Waals surface area contributed by atoms with E-state index >= 15 is 0 Å². The van der Waals surface area contributed by atoms with Crippen molar-refractivity contribution in [2.45, 2.75) is 45.6 Å². The first-order chi connectivity index (χ1) is 11.3. The lowest BCUT2D eigenvalue weighted by Crippen LogP contribution is -2.45. The third kappa shape index (κ3) is 6.81. The van der Waals surface area contributed by atoms with Gasteiger partial charge in [-0.15, -0.1) is 0 Å². The molecule has 1 aromatic carbocycles. The zero-order valence-electron chi connectivity index (χ0n) is 15.0. The van der Waals surface area contributed by atoms with Crippen molar-refractivity contribution in [3.8, 4) is 0 Å². The molecule has 4 nitrogen and oxygen atoms in total. The van der Waals surface area contributed by atoms with Gasteiger partial charge in [0, 0.05) is 17.6 Å². The fourth-order valence-electron chi connectivity index (χ4n) is 2.91. The lowest BCUT2D eigenvalue weighted by atomic mass is 9.98. The van der Waals surface area contributed by atoms with E-state index in [1.165, 1.54) is 12.0 Å². The molecule has 1 unspecified atom stereocenters. The molecule has 1 fully saturated rings. The topological polar surface area (TPSA) is 41.6 Å². The molecule has 24 heavy (non-hydrogen) atoms. The summed E-state index contributed by atoms with van der Waals surface area (Å²) in [6.45, 7) is 9.26. The van der Waals surface area contributed by atoms with Crippen LogP contribution in [0.4, 0.5) is 4.79 Å². The zero-order valence-corrected chi connectivity index (χ0v) is 16.6. The van der Waals surface area contributed by atoms with Crippen molar-refractivity contribution < 1.29 is 9.53 Å². The van der Waals surface area contributed by atoms with Crippen LogP contribution in [0, 0.1) is 5.92 Å². The second-order valence-electron chi connectivity index (χ2n) is 7.52. The molecule has 5 heteroatoms. The van der Waals surface area contributed by atoms with Crippen LogP contribution in [-0.2, 0) is 11.2 Å². The number of benzene rings is 1. The fraction of sp³-hybridized carbons (Fsp3) is 0.632. The molecular weight excluding hydrogens is 368 g/mol. The lowest BCUT2D eigenvalue weighted by Gasteiger charge is -2.34. The number of rotatable bonds is 5. The number of amides is 1. The van der Waals surface area contributed by atoms with Crippen LogP contribution in [0.5, 0.6) is 0 Å². The molecule has 0 aromatic heterocycles. The van der Waals surface area contributed by atoms with Gasteiger partial charge in [-0.25, -0.2) is 4.79 Å². The van der Waals surface area contributed by atoms with E-state index in [-0.39, 0.29) is 6.09 Å². The molecule has 0 spiro atoms. The molecule has 134 valence electrons. The van der Waals surface area contributed by atoms with E-state index in [1.807, 2.05) is 25.7 Å². The maximum absolute atomic E-state index is 12.2. The molecule has 1 atom stereocenters. The van der Waals surface area contributed by atoms with Gasteiger partial charge < -0.3 is 15.0 Å². The Hall–Kier alpha value is -1.07. The molecular formula is C19H29BrN2O2. The van der Waals surface area contributed by atoms with Gasteiger partial charge in [0.1, 0.15) is 5.60 Å². The Bertz CT molecular complexity index is 525. The quantitative estimate of drug-likeness (QED) is 0.757. The van der Waals surface area contributed by atoms with Gasteiger partial charge in [-0.3, -0.25) is 0 Å². The summed E-state index contributed by atoms with van der Waals surface area (Å²) >= 11 is 3.46. The summed E-state index contributed by atoms with van der Waals surface area (Å²) in [6.07, 6.45) is 3.07. The Kier molecular flexibility index (Phi) is 7.11. The number of ether oxygens (including phenoxy) is 1. The average molecular weight is 397 g/mol. The van der Waals surface area contributed by atoms with Crippen molar-refractivity contribution in [3.63, 3.8) is 0 Å². The third-order valence-electron chi connectivity index (χ3n) is 4.11. The summed E-state index contributed by atoms with van der Waals surface area (Å²) in [5.74, 6) is 0.510. The summed E-state index contributed by atoms with van der Waals surface area (Å²) in [5.41, 5.74) is 0.914. The van der Waals surface area contributed by atoms with Crippen LogP contribution in [0.25, 0.3) is 0 Å². The molecule has 0 radical (unpaired) electrons. The number of halogens is 1. The highest BCUT2D eigenvalue weighted by Crippen LogP contribution is 2.19. The molecule has 1 amide bonds.